The van der Waals surface area contributed by atoms with Crippen molar-refractivity contribution in [1.82, 2.24) is 9.97 Å². The molecule has 1 unspecified atom stereocenters. The van der Waals surface area contributed by atoms with Gasteiger partial charge in [0.15, 0.2) is 0 Å². The first-order valence-corrected chi connectivity index (χ1v) is 6.00. The number of hydrogen-bond donors (Lipinski definition) is 2. The Kier molecular flexibility index (Phi) is 2.48. The maximum atomic E-state index is 11.8. The van der Waals surface area contributed by atoms with Gasteiger partial charge in [0.25, 0.3) is 5.56 Å². The molecule has 1 aliphatic carbocycles. The highest BCUT2D eigenvalue weighted by Crippen LogP contribution is 2.37. The molecule has 3 rings (SSSR count). The molecule has 0 saturated carbocycles. The lowest BCUT2D eigenvalue weighted by atomic mass is 9.77. The Bertz CT molecular complexity index is 734. The fourth-order valence-corrected chi connectivity index (χ4v) is 2.53. The molecule has 0 fully saturated rings. The minimum atomic E-state index is -1.24. The van der Waals surface area contributed by atoms with Crippen LogP contribution in [0.2, 0.25) is 0 Å². The van der Waals surface area contributed by atoms with E-state index in [-0.39, 0.29) is 17.2 Å². The van der Waals surface area contributed by atoms with Gasteiger partial charge in [0.05, 0.1) is 5.69 Å². The van der Waals surface area contributed by atoms with Crippen LogP contribution in [0.25, 0.3) is 0 Å². The van der Waals surface area contributed by atoms with Crippen molar-refractivity contribution in [2.24, 2.45) is 0 Å². The third-order valence-electron chi connectivity index (χ3n) is 3.52. The highest BCUT2D eigenvalue weighted by molar-refractivity contribution is 5.88. The summed E-state index contributed by atoms with van der Waals surface area (Å²) in [6.07, 6.45) is 0.824. The van der Waals surface area contributed by atoms with Crippen molar-refractivity contribution in [3.8, 4) is 0 Å². The first-order valence-electron chi connectivity index (χ1n) is 6.00. The smallest absolute Gasteiger partial charge is 0.343 e. The van der Waals surface area contributed by atoms with Crippen molar-refractivity contribution in [2.45, 2.75) is 19.3 Å². The van der Waals surface area contributed by atoms with Gasteiger partial charge in [-0.3, -0.25) is 4.79 Å². The lowest BCUT2D eigenvalue weighted by molar-refractivity contribution is 0.0693. The van der Waals surface area contributed by atoms with E-state index in [0.29, 0.717) is 5.82 Å². The SMILES string of the molecule is Cc1nc(C2Cc3ccccc32)[nH]c(=O)c1C(=O)O. The molecule has 0 amide bonds. The Hall–Kier alpha value is -2.43. The predicted octanol–water partition coefficient (Wildman–Crippen LogP) is 1.46. The minimum absolute atomic E-state index is 0.0606. The molecule has 2 N–H and O–H groups in total. The fraction of sp³-hybridized carbons (Fsp3) is 0.214. The molecule has 0 aliphatic heterocycles. The topological polar surface area (TPSA) is 83.0 Å². The van der Waals surface area contributed by atoms with Crippen molar-refractivity contribution in [3.05, 3.63) is 62.8 Å². The quantitative estimate of drug-likeness (QED) is 0.852. The number of aromatic nitrogens is 2. The molecule has 1 aromatic heterocycles. The van der Waals surface area contributed by atoms with Crippen LogP contribution in [0.15, 0.2) is 29.1 Å². The zero-order valence-electron chi connectivity index (χ0n) is 10.3. The number of benzene rings is 1. The first-order chi connectivity index (χ1) is 9.08. The molecule has 1 aliphatic rings. The third-order valence-corrected chi connectivity index (χ3v) is 3.52. The normalized spacial score (nSPS) is 16.6. The number of fused-ring (bicyclic) bond motifs is 1. The fourth-order valence-electron chi connectivity index (χ4n) is 2.53. The second kappa shape index (κ2) is 4.05. The number of nitrogens with one attached hydrogen (secondary N) is 1. The van der Waals surface area contributed by atoms with Crippen LogP contribution in [0.5, 0.6) is 0 Å². The van der Waals surface area contributed by atoms with Crippen LogP contribution in [0, 0.1) is 6.92 Å². The third kappa shape index (κ3) is 1.74. The number of H-pyrrole nitrogens is 1. The first kappa shape index (κ1) is 11.6. The molecule has 0 bridgehead atoms. The Morgan fingerprint density at radius 3 is 2.79 bits per heavy atom. The molecule has 5 nitrogen and oxygen atoms in total. The number of carboxylic acid groups (broad SMARTS) is 1. The second-order valence-corrected chi connectivity index (χ2v) is 4.67. The summed E-state index contributed by atoms with van der Waals surface area (Å²) in [5, 5.41) is 8.94. The van der Waals surface area contributed by atoms with Crippen LogP contribution in [-0.4, -0.2) is 21.0 Å². The number of aromatic amines is 1. The van der Waals surface area contributed by atoms with E-state index in [1.54, 1.807) is 6.92 Å². The molecule has 1 atom stereocenters. The van der Waals surface area contributed by atoms with E-state index in [9.17, 15) is 9.59 Å². The molecular formula is C14H12N2O3. The number of carbonyl (C=O) groups is 1. The number of rotatable bonds is 2. The predicted molar refractivity (Wildman–Crippen MR) is 68.5 cm³/mol. The number of hydrogen-bond acceptors (Lipinski definition) is 3. The Balaban J connectivity index is 2.06. The summed E-state index contributed by atoms with van der Waals surface area (Å²) in [4.78, 5) is 29.6. The van der Waals surface area contributed by atoms with Crippen LogP contribution in [0.1, 0.15) is 38.9 Å². The lowest BCUT2D eigenvalue weighted by Crippen LogP contribution is -2.27. The number of aryl methyl sites for hydroxylation is 1. The Morgan fingerprint density at radius 1 is 1.42 bits per heavy atom. The minimum Gasteiger partial charge on any atom is -0.477 e. The van der Waals surface area contributed by atoms with E-state index in [1.807, 2.05) is 24.3 Å². The molecule has 0 saturated heterocycles. The largest absolute Gasteiger partial charge is 0.477 e. The van der Waals surface area contributed by atoms with E-state index in [0.717, 1.165) is 12.0 Å². The zero-order valence-corrected chi connectivity index (χ0v) is 10.3. The summed E-state index contributed by atoms with van der Waals surface area (Å²) >= 11 is 0. The molecule has 1 aromatic carbocycles. The van der Waals surface area contributed by atoms with E-state index in [4.69, 9.17) is 5.11 Å². The van der Waals surface area contributed by atoms with Crippen molar-refractivity contribution < 1.29 is 9.90 Å². The maximum absolute atomic E-state index is 11.8. The van der Waals surface area contributed by atoms with Crippen LogP contribution < -0.4 is 5.56 Å². The van der Waals surface area contributed by atoms with Gasteiger partial charge in [-0.2, -0.15) is 0 Å². The number of aromatic carboxylic acids is 1. The summed E-state index contributed by atoms with van der Waals surface area (Å²) in [6.45, 7) is 1.55. The molecule has 2 aromatic rings. The average Bonchev–Trinajstić information content (AvgIpc) is 2.29. The van der Waals surface area contributed by atoms with Crippen LogP contribution in [-0.2, 0) is 6.42 Å². The molecule has 0 spiro atoms. The van der Waals surface area contributed by atoms with Gasteiger partial charge in [-0.15, -0.1) is 0 Å². The van der Waals surface area contributed by atoms with Crippen molar-refractivity contribution in [1.29, 1.82) is 0 Å². The highest BCUT2D eigenvalue weighted by atomic mass is 16.4. The summed E-state index contributed by atoms with van der Waals surface area (Å²) < 4.78 is 0. The summed E-state index contributed by atoms with van der Waals surface area (Å²) in [5.74, 6) is -0.636. The van der Waals surface area contributed by atoms with Crippen molar-refractivity contribution in [2.75, 3.05) is 0 Å². The van der Waals surface area contributed by atoms with Gasteiger partial charge in [-0.1, -0.05) is 24.3 Å². The van der Waals surface area contributed by atoms with E-state index < -0.39 is 11.5 Å². The molecule has 1 heterocycles. The van der Waals surface area contributed by atoms with Gasteiger partial charge in [0.1, 0.15) is 11.4 Å². The number of carboxylic acids is 1. The summed E-state index contributed by atoms with van der Waals surface area (Å²) in [6, 6.07) is 7.97. The molecule has 96 valence electrons. The number of nitrogens with zero attached hydrogens (tertiary/aromatic N) is 1. The van der Waals surface area contributed by atoms with Gasteiger partial charge < -0.3 is 10.1 Å². The molecule has 0 radical (unpaired) electrons. The van der Waals surface area contributed by atoms with E-state index >= 15 is 0 Å². The van der Waals surface area contributed by atoms with Gasteiger partial charge >= 0.3 is 5.97 Å². The van der Waals surface area contributed by atoms with Gasteiger partial charge in [-0.05, 0) is 24.5 Å². The second-order valence-electron chi connectivity index (χ2n) is 4.67. The Labute approximate surface area is 108 Å². The van der Waals surface area contributed by atoms with Gasteiger partial charge in [0.2, 0.25) is 0 Å². The lowest BCUT2D eigenvalue weighted by Gasteiger charge is -2.29. The standard InChI is InChI=1S/C14H12N2O3/c1-7-11(14(18)19)13(17)16-12(15-7)10-6-8-4-2-3-5-9(8)10/h2-5,10H,6H2,1H3,(H,18,19)(H,15,16,17). The average molecular weight is 256 g/mol. The Morgan fingerprint density at radius 2 is 2.16 bits per heavy atom. The monoisotopic (exact) mass is 256 g/mol. The van der Waals surface area contributed by atoms with Gasteiger partial charge in [0, 0.05) is 5.92 Å². The summed E-state index contributed by atoms with van der Waals surface area (Å²) in [7, 11) is 0. The van der Waals surface area contributed by atoms with Crippen molar-refractivity contribution >= 4 is 5.97 Å². The van der Waals surface area contributed by atoms with E-state index in [2.05, 4.69) is 9.97 Å². The highest BCUT2D eigenvalue weighted by Gasteiger charge is 2.30. The molecule has 19 heavy (non-hydrogen) atoms. The van der Waals surface area contributed by atoms with Crippen LogP contribution in [0.4, 0.5) is 0 Å². The van der Waals surface area contributed by atoms with Crippen molar-refractivity contribution in [3.63, 3.8) is 0 Å². The maximum Gasteiger partial charge on any atom is 0.343 e. The van der Waals surface area contributed by atoms with Gasteiger partial charge in [-0.25, -0.2) is 9.78 Å². The zero-order chi connectivity index (χ0) is 13.6. The summed E-state index contributed by atoms with van der Waals surface area (Å²) in [5.41, 5.74) is 1.79. The molecular weight excluding hydrogens is 244 g/mol. The molecule has 5 heteroatoms. The van der Waals surface area contributed by atoms with E-state index in [1.165, 1.54) is 5.56 Å². The van der Waals surface area contributed by atoms with Crippen LogP contribution >= 0.6 is 0 Å². The van der Waals surface area contributed by atoms with Crippen LogP contribution in [0.3, 0.4) is 0 Å².